The van der Waals surface area contributed by atoms with Crippen LogP contribution < -0.4 is 5.73 Å². The van der Waals surface area contributed by atoms with Gasteiger partial charge in [0.05, 0.1) is 11.6 Å². The number of ether oxygens (including phenoxy) is 1. The molecule has 4 rings (SSSR count). The molecule has 9 heteroatoms. The van der Waals surface area contributed by atoms with Gasteiger partial charge in [0.15, 0.2) is 11.4 Å². The molecular formula is C12H13ClN4O4. The number of nitrogen functional groups attached to an aromatic ring is 1. The lowest BCUT2D eigenvalue weighted by molar-refractivity contribution is -0.0796. The Kier molecular flexibility index (Phi) is 2.42. The number of nitrogens with two attached hydrogens (primary N) is 1. The smallest absolute Gasteiger partial charge is 0.155 e. The van der Waals surface area contributed by atoms with Crippen LogP contribution in [-0.4, -0.2) is 59.2 Å². The molecule has 1 saturated carbocycles. The monoisotopic (exact) mass is 312 g/mol. The Morgan fingerprint density at radius 3 is 2.86 bits per heavy atom. The summed E-state index contributed by atoms with van der Waals surface area (Å²) >= 11 is 5.80. The summed E-state index contributed by atoms with van der Waals surface area (Å²) < 4.78 is 7.17. The maximum atomic E-state index is 10.4. The van der Waals surface area contributed by atoms with E-state index >= 15 is 0 Å². The number of rotatable bonds is 2. The van der Waals surface area contributed by atoms with E-state index in [0.717, 1.165) is 0 Å². The molecule has 112 valence electrons. The molecule has 2 aromatic rings. The molecular weight excluding hydrogens is 300 g/mol. The summed E-state index contributed by atoms with van der Waals surface area (Å²) in [5.74, 6) is 0.165. The van der Waals surface area contributed by atoms with Gasteiger partial charge in [0.25, 0.3) is 0 Å². The van der Waals surface area contributed by atoms with Crippen molar-refractivity contribution in [3.8, 4) is 0 Å². The van der Waals surface area contributed by atoms with Gasteiger partial charge in [0, 0.05) is 0 Å². The molecule has 5 unspecified atom stereocenters. The lowest BCUT2D eigenvalue weighted by Gasteiger charge is -2.21. The summed E-state index contributed by atoms with van der Waals surface area (Å²) in [6.45, 7) is 0. The second-order valence-electron chi connectivity index (χ2n) is 5.43. The van der Waals surface area contributed by atoms with Crippen LogP contribution in [0.25, 0.3) is 5.52 Å². The first-order chi connectivity index (χ1) is 9.97. The third-order valence-corrected chi connectivity index (χ3v) is 4.93. The molecule has 5 N–H and O–H groups in total. The third-order valence-electron chi connectivity index (χ3n) is 4.53. The molecule has 21 heavy (non-hydrogen) atoms. The third kappa shape index (κ3) is 1.30. The topological polar surface area (TPSA) is 126 Å². The van der Waals surface area contributed by atoms with Crippen molar-refractivity contribution in [3.05, 3.63) is 24.2 Å². The molecule has 0 radical (unpaired) electrons. The standard InChI is InChI=1S/C12H13ClN4O4/c13-3-11-10(19)12(11,20)8(18)7(21-11)5-1-2-6-9(14)15-4-16-17(5)6/h1-2,4,7-8,10,18-20H,3H2,(H2,14,15,16). The largest absolute Gasteiger partial charge is 0.387 e. The number of aromatic nitrogens is 3. The Bertz CT molecular complexity index is 735. The molecule has 0 spiro atoms. The highest BCUT2D eigenvalue weighted by atomic mass is 35.5. The lowest BCUT2D eigenvalue weighted by atomic mass is 10.0. The van der Waals surface area contributed by atoms with E-state index in [9.17, 15) is 15.3 Å². The van der Waals surface area contributed by atoms with Crippen LogP contribution in [0.1, 0.15) is 11.8 Å². The predicted octanol–water partition coefficient (Wildman–Crippen LogP) is -1.17. The van der Waals surface area contributed by atoms with Crippen molar-refractivity contribution < 1.29 is 20.1 Å². The van der Waals surface area contributed by atoms with Crippen LogP contribution in [0.4, 0.5) is 5.82 Å². The van der Waals surface area contributed by atoms with Crippen molar-refractivity contribution in [3.63, 3.8) is 0 Å². The average molecular weight is 313 g/mol. The van der Waals surface area contributed by atoms with Gasteiger partial charge in [-0.1, -0.05) is 0 Å². The molecule has 0 amide bonds. The molecule has 5 atom stereocenters. The first kappa shape index (κ1) is 13.2. The van der Waals surface area contributed by atoms with Gasteiger partial charge in [0.2, 0.25) is 0 Å². The number of nitrogens with zero attached hydrogens (tertiary/aromatic N) is 3. The summed E-state index contributed by atoms with van der Waals surface area (Å²) in [5.41, 5.74) is 3.72. The maximum Gasteiger partial charge on any atom is 0.155 e. The normalized spacial score (nSPS) is 41.4. The molecule has 1 aliphatic heterocycles. The van der Waals surface area contributed by atoms with Crippen LogP contribution in [0, 0.1) is 0 Å². The molecule has 0 bridgehead atoms. The molecule has 1 saturated heterocycles. The summed E-state index contributed by atoms with van der Waals surface area (Å²) in [5, 5.41) is 34.6. The molecule has 1 aliphatic carbocycles. The zero-order valence-electron chi connectivity index (χ0n) is 10.7. The van der Waals surface area contributed by atoms with Crippen LogP contribution in [0.15, 0.2) is 18.5 Å². The number of alkyl halides is 1. The van der Waals surface area contributed by atoms with Gasteiger partial charge < -0.3 is 25.8 Å². The number of halogens is 1. The van der Waals surface area contributed by atoms with Gasteiger partial charge in [-0.15, -0.1) is 11.6 Å². The first-order valence-corrected chi connectivity index (χ1v) is 6.91. The number of anilines is 1. The van der Waals surface area contributed by atoms with Crippen molar-refractivity contribution in [1.29, 1.82) is 0 Å². The average Bonchev–Trinajstić information content (AvgIpc) is 2.82. The molecule has 2 aliphatic rings. The SMILES string of the molecule is Nc1ncnn2c(C3OC4(CCl)C(O)C4(O)C3O)ccc12. The molecule has 8 nitrogen and oxygen atoms in total. The van der Waals surface area contributed by atoms with Gasteiger partial charge in [-0.25, -0.2) is 9.50 Å². The van der Waals surface area contributed by atoms with Crippen LogP contribution >= 0.6 is 11.6 Å². The summed E-state index contributed by atoms with van der Waals surface area (Å²) in [6, 6.07) is 3.37. The molecule has 2 aromatic heterocycles. The first-order valence-electron chi connectivity index (χ1n) is 6.38. The molecule has 3 heterocycles. The van der Waals surface area contributed by atoms with Gasteiger partial charge >= 0.3 is 0 Å². The quantitative estimate of drug-likeness (QED) is 0.514. The van der Waals surface area contributed by atoms with Crippen LogP contribution in [0.2, 0.25) is 0 Å². The number of hydrogen-bond donors (Lipinski definition) is 4. The summed E-state index contributed by atoms with van der Waals surface area (Å²) in [7, 11) is 0. The Labute approximate surface area is 123 Å². The molecule has 0 aromatic carbocycles. The number of fused-ring (bicyclic) bond motifs is 2. The summed E-state index contributed by atoms with van der Waals surface area (Å²) in [6.07, 6.45) is -2.11. The minimum absolute atomic E-state index is 0.126. The maximum absolute atomic E-state index is 10.4. The number of hydrogen-bond acceptors (Lipinski definition) is 7. The highest BCUT2D eigenvalue weighted by molar-refractivity contribution is 6.19. The van der Waals surface area contributed by atoms with E-state index in [-0.39, 0.29) is 5.88 Å². The van der Waals surface area contributed by atoms with E-state index in [1.54, 1.807) is 12.1 Å². The second-order valence-corrected chi connectivity index (χ2v) is 5.70. The van der Waals surface area contributed by atoms with E-state index < -0.39 is 29.5 Å². The van der Waals surface area contributed by atoms with Crippen LogP contribution in [-0.2, 0) is 4.74 Å². The molecule has 2 fully saturated rings. The van der Waals surface area contributed by atoms with Crippen molar-refractivity contribution in [2.45, 2.75) is 29.5 Å². The van der Waals surface area contributed by atoms with Gasteiger partial charge in [-0.3, -0.25) is 0 Å². The van der Waals surface area contributed by atoms with Gasteiger partial charge in [-0.2, -0.15) is 5.10 Å². The zero-order valence-corrected chi connectivity index (χ0v) is 11.5. The zero-order chi connectivity index (χ0) is 15.0. The van der Waals surface area contributed by atoms with Crippen LogP contribution in [0.3, 0.4) is 0 Å². The Morgan fingerprint density at radius 2 is 2.19 bits per heavy atom. The van der Waals surface area contributed by atoms with Crippen molar-refractivity contribution in [1.82, 2.24) is 14.6 Å². The Morgan fingerprint density at radius 1 is 1.43 bits per heavy atom. The Hall–Kier alpha value is -1.45. The summed E-state index contributed by atoms with van der Waals surface area (Å²) in [4.78, 5) is 3.88. The van der Waals surface area contributed by atoms with E-state index in [1.165, 1.54) is 10.8 Å². The van der Waals surface area contributed by atoms with Crippen molar-refractivity contribution >= 4 is 22.9 Å². The van der Waals surface area contributed by atoms with Gasteiger partial charge in [0.1, 0.15) is 35.8 Å². The van der Waals surface area contributed by atoms with Gasteiger partial charge in [-0.05, 0) is 12.1 Å². The van der Waals surface area contributed by atoms with E-state index in [2.05, 4.69) is 10.1 Å². The van der Waals surface area contributed by atoms with Crippen LogP contribution in [0.5, 0.6) is 0 Å². The Balaban J connectivity index is 1.80. The lowest BCUT2D eigenvalue weighted by Crippen LogP contribution is -2.35. The number of aliphatic hydroxyl groups is 3. The van der Waals surface area contributed by atoms with E-state index in [1.807, 2.05) is 0 Å². The number of aliphatic hydroxyl groups excluding tert-OH is 2. The van der Waals surface area contributed by atoms with Crippen molar-refractivity contribution in [2.75, 3.05) is 11.6 Å². The highest BCUT2D eigenvalue weighted by Gasteiger charge is 2.86. The highest BCUT2D eigenvalue weighted by Crippen LogP contribution is 2.63. The minimum Gasteiger partial charge on any atom is -0.387 e. The minimum atomic E-state index is -1.76. The predicted molar refractivity (Wildman–Crippen MR) is 71.6 cm³/mol. The van der Waals surface area contributed by atoms with E-state index in [4.69, 9.17) is 22.1 Å². The second kappa shape index (κ2) is 3.84. The van der Waals surface area contributed by atoms with Crippen molar-refractivity contribution in [2.24, 2.45) is 0 Å². The van der Waals surface area contributed by atoms with E-state index in [0.29, 0.717) is 17.0 Å². The fraction of sp³-hybridized carbons (Fsp3) is 0.500. The fourth-order valence-electron chi connectivity index (χ4n) is 3.21. The fourth-order valence-corrected chi connectivity index (χ4v) is 3.63.